The Morgan fingerprint density at radius 1 is 1.75 bits per heavy atom. The summed E-state index contributed by atoms with van der Waals surface area (Å²) in [5.41, 5.74) is 0. The fraction of sp³-hybridized carbons (Fsp3) is 1.00. The second-order valence-electron chi connectivity index (χ2n) is 0.743. The minimum atomic E-state index is 0.821. The minimum absolute atomic E-state index is 0.821. The van der Waals surface area contributed by atoms with Gasteiger partial charge in [0.1, 0.15) is 0 Å². The molecule has 1 saturated heterocycles. The lowest BCUT2D eigenvalue weighted by Crippen LogP contribution is -2.12. The maximum absolute atomic E-state index is 4.75. The van der Waals surface area contributed by atoms with Gasteiger partial charge in [-0.15, -0.1) is 0 Å². The first-order chi connectivity index (χ1) is 2.00. The molecule has 0 amide bonds. The molecule has 0 saturated carbocycles. The highest BCUT2D eigenvalue weighted by Crippen LogP contribution is 1.91. The molecular formula is C2H4OSi. The molecule has 2 heteroatoms. The van der Waals surface area contributed by atoms with E-state index in [1.165, 1.54) is 6.04 Å². The molecule has 0 aromatic carbocycles. The molecule has 0 aliphatic carbocycles. The average molecular weight is 72.1 g/mol. The van der Waals surface area contributed by atoms with Gasteiger partial charge in [-0.2, -0.15) is 0 Å². The normalized spacial score (nSPS) is 24.0. The summed E-state index contributed by atoms with van der Waals surface area (Å²) in [7, 11) is 0.821. The molecule has 1 aliphatic rings. The average Bonchev–Trinajstić information content (AvgIpc) is 0.722. The predicted octanol–water partition coefficient (Wildman–Crippen LogP) is 0.0541. The van der Waals surface area contributed by atoms with E-state index in [4.69, 9.17) is 4.43 Å². The zero-order valence-corrected chi connectivity index (χ0v) is 3.32. The molecule has 1 fully saturated rings. The van der Waals surface area contributed by atoms with Crippen LogP contribution in [-0.4, -0.2) is 16.4 Å². The van der Waals surface area contributed by atoms with Crippen molar-refractivity contribution in [2.24, 2.45) is 0 Å². The van der Waals surface area contributed by atoms with Crippen molar-refractivity contribution in [3.63, 3.8) is 0 Å². The number of hydrogen-bond donors (Lipinski definition) is 0. The van der Waals surface area contributed by atoms with Gasteiger partial charge in [0, 0.05) is 6.61 Å². The molecule has 1 rings (SSSR count). The first kappa shape index (κ1) is 2.42. The molecule has 0 bridgehead atoms. The van der Waals surface area contributed by atoms with Crippen LogP contribution in [0.4, 0.5) is 0 Å². The van der Waals surface area contributed by atoms with Gasteiger partial charge in [-0.25, -0.2) is 0 Å². The molecule has 4 heavy (non-hydrogen) atoms. The molecule has 0 spiro atoms. The first-order valence-electron chi connectivity index (χ1n) is 1.35. The Morgan fingerprint density at radius 2 is 2.00 bits per heavy atom. The van der Waals surface area contributed by atoms with Gasteiger partial charge in [0.25, 0.3) is 0 Å². The number of rotatable bonds is 0. The molecule has 1 nitrogen and oxygen atoms in total. The van der Waals surface area contributed by atoms with E-state index in [1.54, 1.807) is 0 Å². The van der Waals surface area contributed by atoms with Crippen molar-refractivity contribution >= 4 is 9.76 Å². The van der Waals surface area contributed by atoms with E-state index in [2.05, 4.69) is 0 Å². The molecule has 0 N–H and O–H groups in total. The van der Waals surface area contributed by atoms with Crippen LogP contribution in [0.2, 0.25) is 6.04 Å². The van der Waals surface area contributed by atoms with Gasteiger partial charge in [-0.1, -0.05) is 0 Å². The van der Waals surface area contributed by atoms with Crippen LogP contribution in [0.5, 0.6) is 0 Å². The van der Waals surface area contributed by atoms with Crippen LogP contribution in [-0.2, 0) is 4.43 Å². The quantitative estimate of drug-likeness (QED) is 0.367. The molecule has 22 valence electrons. The highest BCUT2D eigenvalue weighted by atomic mass is 28.2. The summed E-state index contributed by atoms with van der Waals surface area (Å²) in [6.45, 7) is 1.01. The summed E-state index contributed by atoms with van der Waals surface area (Å²) in [6, 6.07) is 1.31. The summed E-state index contributed by atoms with van der Waals surface area (Å²) < 4.78 is 4.75. The summed E-state index contributed by atoms with van der Waals surface area (Å²) in [6.07, 6.45) is 0. The van der Waals surface area contributed by atoms with Gasteiger partial charge < -0.3 is 4.43 Å². The smallest absolute Gasteiger partial charge is 0.231 e. The van der Waals surface area contributed by atoms with Crippen LogP contribution in [0, 0.1) is 0 Å². The lowest BCUT2D eigenvalue weighted by atomic mass is 10.9. The second-order valence-corrected chi connectivity index (χ2v) is 1.82. The topological polar surface area (TPSA) is 9.23 Å². The zero-order valence-electron chi connectivity index (χ0n) is 2.32. The lowest BCUT2D eigenvalue weighted by molar-refractivity contribution is 0.301. The van der Waals surface area contributed by atoms with E-state index in [0.717, 1.165) is 16.4 Å². The summed E-state index contributed by atoms with van der Waals surface area (Å²) in [5.74, 6) is 0. The Bertz CT molecular complexity index is 14.0. The first-order valence-corrected chi connectivity index (χ1v) is 2.46. The van der Waals surface area contributed by atoms with Gasteiger partial charge in [-0.05, 0) is 6.04 Å². The summed E-state index contributed by atoms with van der Waals surface area (Å²) in [4.78, 5) is 0. The second kappa shape index (κ2) is 0.863. The molecule has 1 aliphatic heterocycles. The maximum atomic E-state index is 4.75. The molecule has 0 aromatic rings. The van der Waals surface area contributed by atoms with Crippen LogP contribution in [0.1, 0.15) is 0 Å². The highest BCUT2D eigenvalue weighted by molar-refractivity contribution is 6.30. The van der Waals surface area contributed by atoms with Gasteiger partial charge >= 0.3 is 0 Å². The SMILES string of the molecule is C1C[Si]O1. The molecular weight excluding hydrogens is 68.1 g/mol. The zero-order chi connectivity index (χ0) is 2.83. The largest absolute Gasteiger partial charge is 0.418 e. The van der Waals surface area contributed by atoms with Crippen LogP contribution in [0.15, 0.2) is 0 Å². The van der Waals surface area contributed by atoms with Gasteiger partial charge in [0.2, 0.25) is 9.76 Å². The third-order valence-electron chi connectivity index (χ3n) is 0.408. The van der Waals surface area contributed by atoms with E-state index in [-0.39, 0.29) is 0 Å². The van der Waals surface area contributed by atoms with Crippen molar-refractivity contribution < 1.29 is 4.43 Å². The predicted molar refractivity (Wildman–Crippen MR) is 16.5 cm³/mol. The Balaban J connectivity index is 2.00. The van der Waals surface area contributed by atoms with E-state index < -0.39 is 0 Å². The highest BCUT2D eigenvalue weighted by Gasteiger charge is 1.98. The van der Waals surface area contributed by atoms with E-state index in [9.17, 15) is 0 Å². The fourth-order valence-corrected chi connectivity index (χ4v) is 0.306. The Kier molecular flexibility index (Phi) is 0.521. The van der Waals surface area contributed by atoms with Gasteiger partial charge in [0.05, 0.1) is 0 Å². The fourth-order valence-electron chi connectivity index (χ4n) is 0.102. The molecule has 2 radical (unpaired) electrons. The monoisotopic (exact) mass is 72.0 g/mol. The van der Waals surface area contributed by atoms with Crippen molar-refractivity contribution in [1.29, 1.82) is 0 Å². The van der Waals surface area contributed by atoms with Crippen LogP contribution in [0.25, 0.3) is 0 Å². The lowest BCUT2D eigenvalue weighted by Gasteiger charge is -2.06. The summed E-state index contributed by atoms with van der Waals surface area (Å²) in [5, 5.41) is 0. The van der Waals surface area contributed by atoms with Crippen molar-refractivity contribution in [2.45, 2.75) is 6.04 Å². The van der Waals surface area contributed by atoms with E-state index in [0.29, 0.717) is 0 Å². The van der Waals surface area contributed by atoms with Crippen molar-refractivity contribution in [2.75, 3.05) is 6.61 Å². The van der Waals surface area contributed by atoms with E-state index >= 15 is 0 Å². The van der Waals surface area contributed by atoms with E-state index in [1.807, 2.05) is 0 Å². The standard InChI is InChI=1S/C2H4OSi/c1-2-4-3-1/h1-2H2. The Morgan fingerprint density at radius 3 is 2.00 bits per heavy atom. The van der Waals surface area contributed by atoms with Crippen molar-refractivity contribution in [1.82, 2.24) is 0 Å². The molecule has 0 atom stereocenters. The molecule has 0 unspecified atom stereocenters. The van der Waals surface area contributed by atoms with Gasteiger partial charge in [-0.3, -0.25) is 0 Å². The number of hydrogen-bond acceptors (Lipinski definition) is 1. The maximum Gasteiger partial charge on any atom is 0.231 e. The molecule has 1 heterocycles. The third kappa shape index (κ3) is 0.173. The van der Waals surface area contributed by atoms with Crippen LogP contribution < -0.4 is 0 Å². The van der Waals surface area contributed by atoms with Crippen molar-refractivity contribution in [3.8, 4) is 0 Å². The Hall–Kier alpha value is 0.177. The third-order valence-corrected chi connectivity index (χ3v) is 1.22. The minimum Gasteiger partial charge on any atom is -0.418 e. The van der Waals surface area contributed by atoms with Gasteiger partial charge in [0.15, 0.2) is 0 Å². The Labute approximate surface area is 27.9 Å². The van der Waals surface area contributed by atoms with Crippen LogP contribution >= 0.6 is 0 Å². The van der Waals surface area contributed by atoms with Crippen LogP contribution in [0.3, 0.4) is 0 Å². The molecule has 0 aromatic heterocycles. The van der Waals surface area contributed by atoms with Crippen molar-refractivity contribution in [3.05, 3.63) is 0 Å². The summed E-state index contributed by atoms with van der Waals surface area (Å²) >= 11 is 0.